The van der Waals surface area contributed by atoms with Crippen molar-refractivity contribution >= 4 is 5.91 Å². The smallest absolute Gasteiger partial charge is 0.251 e. The Kier molecular flexibility index (Phi) is 3.93. The zero-order valence-electron chi connectivity index (χ0n) is 12.4. The molecule has 0 radical (unpaired) electrons. The molecule has 0 aliphatic carbocycles. The largest absolute Gasteiger partial charge is 0.345 e. The van der Waals surface area contributed by atoms with Gasteiger partial charge in [0.05, 0.1) is 12.2 Å². The number of carbonyl (C=O) groups excluding carboxylic acids is 1. The lowest BCUT2D eigenvalue weighted by Gasteiger charge is -2.19. The fourth-order valence-electron chi connectivity index (χ4n) is 1.98. The average Bonchev–Trinajstić information content (AvgIpc) is 2.91. The van der Waals surface area contributed by atoms with Crippen LogP contribution in [0.25, 0.3) is 0 Å². The zero-order chi connectivity index (χ0) is 14.8. The van der Waals surface area contributed by atoms with E-state index in [1.165, 1.54) is 5.56 Å². The first kappa shape index (κ1) is 14.3. The van der Waals surface area contributed by atoms with Gasteiger partial charge in [-0.05, 0) is 30.0 Å². The van der Waals surface area contributed by atoms with Crippen LogP contribution < -0.4 is 5.32 Å². The lowest BCUT2D eigenvalue weighted by Crippen LogP contribution is -2.26. The Balaban J connectivity index is 2.06. The summed E-state index contributed by atoms with van der Waals surface area (Å²) in [7, 11) is 0. The van der Waals surface area contributed by atoms with E-state index in [0.29, 0.717) is 5.56 Å². The first-order chi connectivity index (χ1) is 9.38. The third kappa shape index (κ3) is 3.26. The first-order valence-corrected chi connectivity index (χ1v) is 6.78. The molecule has 2 aromatic rings. The van der Waals surface area contributed by atoms with Crippen molar-refractivity contribution in [2.24, 2.45) is 0 Å². The Bertz CT molecular complexity index is 565. The first-order valence-electron chi connectivity index (χ1n) is 6.78. The molecule has 0 spiro atoms. The van der Waals surface area contributed by atoms with E-state index in [1.807, 2.05) is 31.2 Å². The molecule has 0 bridgehead atoms. The molecular weight excluding hydrogens is 250 g/mol. The molecular formula is C16H21N3O. The highest BCUT2D eigenvalue weighted by Gasteiger charge is 2.15. The fraction of sp³-hybridized carbons (Fsp3) is 0.375. The lowest BCUT2D eigenvalue weighted by molar-refractivity contribution is 0.0940. The molecule has 0 aliphatic rings. The Morgan fingerprint density at radius 3 is 2.40 bits per heavy atom. The molecule has 4 nitrogen and oxygen atoms in total. The summed E-state index contributed by atoms with van der Waals surface area (Å²) in [5.74, 6) is -0.0702. The molecule has 1 aromatic carbocycles. The SMILES string of the molecule is CC(NC(=O)c1ccc(C(C)(C)C)cc1)c1cn[nH]c1. The molecule has 0 saturated carbocycles. The van der Waals surface area contributed by atoms with Crippen LogP contribution in [0.3, 0.4) is 0 Å². The molecule has 0 aliphatic heterocycles. The molecule has 0 saturated heterocycles. The van der Waals surface area contributed by atoms with Crippen LogP contribution in [0.2, 0.25) is 0 Å². The summed E-state index contributed by atoms with van der Waals surface area (Å²) in [6.45, 7) is 8.40. The molecule has 2 rings (SSSR count). The van der Waals surface area contributed by atoms with Crippen molar-refractivity contribution in [2.45, 2.75) is 39.2 Å². The van der Waals surface area contributed by atoms with Gasteiger partial charge in [-0.15, -0.1) is 0 Å². The highest BCUT2D eigenvalue weighted by Crippen LogP contribution is 2.22. The van der Waals surface area contributed by atoms with E-state index in [4.69, 9.17) is 0 Å². The predicted molar refractivity (Wildman–Crippen MR) is 79.6 cm³/mol. The minimum absolute atomic E-state index is 0.0662. The monoisotopic (exact) mass is 271 g/mol. The number of aromatic amines is 1. The van der Waals surface area contributed by atoms with E-state index in [2.05, 4.69) is 36.3 Å². The second-order valence-corrected chi connectivity index (χ2v) is 6.05. The van der Waals surface area contributed by atoms with E-state index in [1.54, 1.807) is 12.4 Å². The van der Waals surface area contributed by atoms with Crippen LogP contribution >= 0.6 is 0 Å². The van der Waals surface area contributed by atoms with Gasteiger partial charge in [-0.1, -0.05) is 32.9 Å². The number of hydrogen-bond acceptors (Lipinski definition) is 2. The van der Waals surface area contributed by atoms with E-state index in [9.17, 15) is 4.79 Å². The number of nitrogens with zero attached hydrogens (tertiary/aromatic N) is 1. The minimum atomic E-state index is -0.0702. The predicted octanol–water partition coefficient (Wildman–Crippen LogP) is 3.20. The highest BCUT2D eigenvalue weighted by molar-refractivity contribution is 5.94. The maximum atomic E-state index is 12.2. The van der Waals surface area contributed by atoms with Gasteiger partial charge in [-0.3, -0.25) is 9.89 Å². The molecule has 0 fully saturated rings. The highest BCUT2D eigenvalue weighted by atomic mass is 16.1. The molecule has 1 amide bonds. The number of benzene rings is 1. The number of rotatable bonds is 3. The van der Waals surface area contributed by atoms with Gasteiger partial charge in [0.1, 0.15) is 0 Å². The molecule has 1 heterocycles. The second-order valence-electron chi connectivity index (χ2n) is 6.05. The van der Waals surface area contributed by atoms with Crippen molar-refractivity contribution < 1.29 is 4.79 Å². The van der Waals surface area contributed by atoms with Gasteiger partial charge >= 0.3 is 0 Å². The summed E-state index contributed by atoms with van der Waals surface area (Å²) < 4.78 is 0. The number of aromatic nitrogens is 2. The second kappa shape index (κ2) is 5.49. The van der Waals surface area contributed by atoms with Crippen LogP contribution in [-0.2, 0) is 5.41 Å². The number of amides is 1. The molecule has 106 valence electrons. The fourth-order valence-corrected chi connectivity index (χ4v) is 1.98. The van der Waals surface area contributed by atoms with Crippen LogP contribution in [0.5, 0.6) is 0 Å². The van der Waals surface area contributed by atoms with Crippen molar-refractivity contribution in [3.8, 4) is 0 Å². The molecule has 2 N–H and O–H groups in total. The van der Waals surface area contributed by atoms with Crippen molar-refractivity contribution in [3.63, 3.8) is 0 Å². The van der Waals surface area contributed by atoms with Gasteiger partial charge in [0.15, 0.2) is 0 Å². The molecule has 20 heavy (non-hydrogen) atoms. The van der Waals surface area contributed by atoms with Crippen LogP contribution in [0.15, 0.2) is 36.7 Å². The normalized spacial score (nSPS) is 13.0. The van der Waals surface area contributed by atoms with Crippen LogP contribution in [0.4, 0.5) is 0 Å². The summed E-state index contributed by atoms with van der Waals surface area (Å²) in [5, 5.41) is 9.59. The number of carbonyl (C=O) groups is 1. The molecule has 4 heteroatoms. The van der Waals surface area contributed by atoms with Gasteiger partial charge in [-0.25, -0.2) is 0 Å². The number of nitrogens with one attached hydrogen (secondary N) is 2. The zero-order valence-corrected chi connectivity index (χ0v) is 12.4. The summed E-state index contributed by atoms with van der Waals surface area (Å²) in [5.41, 5.74) is 2.95. The van der Waals surface area contributed by atoms with Crippen molar-refractivity contribution in [1.29, 1.82) is 0 Å². The Morgan fingerprint density at radius 2 is 1.90 bits per heavy atom. The van der Waals surface area contributed by atoms with Crippen LogP contribution in [0, 0.1) is 0 Å². The maximum Gasteiger partial charge on any atom is 0.251 e. The van der Waals surface area contributed by atoms with Gasteiger partial charge in [0.2, 0.25) is 0 Å². The minimum Gasteiger partial charge on any atom is -0.345 e. The van der Waals surface area contributed by atoms with Crippen molar-refractivity contribution in [3.05, 3.63) is 53.3 Å². The van der Waals surface area contributed by atoms with Gasteiger partial charge in [-0.2, -0.15) is 5.10 Å². The van der Waals surface area contributed by atoms with E-state index in [0.717, 1.165) is 5.56 Å². The Labute approximate surface area is 119 Å². The van der Waals surface area contributed by atoms with Gasteiger partial charge < -0.3 is 5.32 Å². The molecule has 1 unspecified atom stereocenters. The maximum absolute atomic E-state index is 12.2. The number of hydrogen-bond donors (Lipinski definition) is 2. The average molecular weight is 271 g/mol. The Morgan fingerprint density at radius 1 is 1.25 bits per heavy atom. The van der Waals surface area contributed by atoms with E-state index in [-0.39, 0.29) is 17.4 Å². The third-order valence-electron chi connectivity index (χ3n) is 3.38. The third-order valence-corrected chi connectivity index (χ3v) is 3.38. The summed E-state index contributed by atoms with van der Waals surface area (Å²) in [4.78, 5) is 12.2. The topological polar surface area (TPSA) is 57.8 Å². The van der Waals surface area contributed by atoms with Gasteiger partial charge in [0, 0.05) is 17.3 Å². The molecule has 1 atom stereocenters. The summed E-state index contributed by atoms with van der Waals surface area (Å²) in [6, 6.07) is 7.70. The summed E-state index contributed by atoms with van der Waals surface area (Å²) >= 11 is 0. The summed E-state index contributed by atoms with van der Waals surface area (Å²) in [6.07, 6.45) is 3.50. The Hall–Kier alpha value is -2.10. The van der Waals surface area contributed by atoms with Gasteiger partial charge in [0.25, 0.3) is 5.91 Å². The lowest BCUT2D eigenvalue weighted by atomic mass is 9.86. The van der Waals surface area contributed by atoms with Crippen molar-refractivity contribution in [2.75, 3.05) is 0 Å². The number of H-pyrrole nitrogens is 1. The van der Waals surface area contributed by atoms with Crippen molar-refractivity contribution in [1.82, 2.24) is 15.5 Å². The van der Waals surface area contributed by atoms with Crippen LogP contribution in [0.1, 0.15) is 55.2 Å². The molecule has 1 aromatic heterocycles. The van der Waals surface area contributed by atoms with E-state index < -0.39 is 0 Å². The standard InChI is InChI=1S/C16H21N3O/c1-11(13-9-17-18-10-13)19-15(20)12-5-7-14(8-6-12)16(2,3)4/h5-11H,1-4H3,(H,17,18)(H,19,20). The van der Waals surface area contributed by atoms with E-state index >= 15 is 0 Å². The van der Waals surface area contributed by atoms with Crippen LogP contribution in [-0.4, -0.2) is 16.1 Å². The quantitative estimate of drug-likeness (QED) is 0.900.